The molecule has 0 aliphatic carbocycles. The summed E-state index contributed by atoms with van der Waals surface area (Å²) in [5.41, 5.74) is 0. The molecule has 0 rings (SSSR count). The Morgan fingerprint density at radius 2 is 0.679 bits per heavy atom. The van der Waals surface area contributed by atoms with Gasteiger partial charge in [-0.1, -0.05) is 227 Å². The summed E-state index contributed by atoms with van der Waals surface area (Å²) in [4.78, 5) is 48.7. The first-order chi connectivity index (χ1) is 38.2. The Morgan fingerprint density at radius 1 is 0.372 bits per heavy atom. The lowest BCUT2D eigenvalue weighted by Crippen LogP contribution is -2.30. The summed E-state index contributed by atoms with van der Waals surface area (Å²) < 4.78 is 39.6. The molecule has 0 amide bonds. The first-order valence-corrected chi connectivity index (χ1v) is 32.6. The predicted octanol–water partition coefficient (Wildman–Crippen LogP) is 18.8. The summed E-state index contributed by atoms with van der Waals surface area (Å²) in [5.74, 6) is -1.55. The molecule has 0 aliphatic heterocycles. The molecule has 0 bridgehead atoms. The molecule has 11 nitrogen and oxygen atoms in total. The summed E-state index contributed by atoms with van der Waals surface area (Å²) in [6.07, 6.45) is 70.8. The number of carbonyl (C=O) groups excluding carboxylic acids is 3. The largest absolute Gasteiger partial charge is 0.472 e. The number of allylic oxidation sites excluding steroid dienone is 16. The molecule has 0 aliphatic rings. The molecule has 448 valence electrons. The van der Waals surface area contributed by atoms with Gasteiger partial charge in [0.1, 0.15) is 12.7 Å². The second-order valence-electron chi connectivity index (χ2n) is 20.5. The lowest BCUT2D eigenvalue weighted by Gasteiger charge is -2.21. The van der Waals surface area contributed by atoms with E-state index in [9.17, 15) is 28.9 Å². The van der Waals surface area contributed by atoms with Gasteiger partial charge in [0.2, 0.25) is 0 Å². The zero-order valence-corrected chi connectivity index (χ0v) is 50.5. The maximum atomic E-state index is 12.9. The molecule has 0 aromatic rings. The first kappa shape index (κ1) is 74.4. The van der Waals surface area contributed by atoms with Crippen molar-refractivity contribution in [2.75, 3.05) is 26.4 Å². The summed E-state index contributed by atoms with van der Waals surface area (Å²) in [6, 6.07) is 0. The van der Waals surface area contributed by atoms with E-state index in [2.05, 4.69) is 112 Å². The smallest absolute Gasteiger partial charge is 0.462 e. The van der Waals surface area contributed by atoms with Gasteiger partial charge in [-0.15, -0.1) is 0 Å². The van der Waals surface area contributed by atoms with Crippen molar-refractivity contribution in [2.45, 2.75) is 277 Å². The minimum absolute atomic E-state index is 0.144. The van der Waals surface area contributed by atoms with Crippen LogP contribution >= 0.6 is 7.82 Å². The average Bonchev–Trinajstić information content (AvgIpc) is 3.43. The van der Waals surface area contributed by atoms with Gasteiger partial charge in [-0.3, -0.25) is 23.4 Å². The number of aliphatic hydroxyl groups excluding tert-OH is 1. The maximum absolute atomic E-state index is 12.9. The molecule has 3 atom stereocenters. The van der Waals surface area contributed by atoms with Gasteiger partial charge >= 0.3 is 25.7 Å². The lowest BCUT2D eigenvalue weighted by molar-refractivity contribution is -0.161. The Kier molecular flexibility index (Phi) is 56.8. The van der Waals surface area contributed by atoms with Gasteiger partial charge in [0, 0.05) is 19.3 Å². The van der Waals surface area contributed by atoms with Crippen molar-refractivity contribution < 1.29 is 52.2 Å². The van der Waals surface area contributed by atoms with Crippen LogP contribution < -0.4 is 0 Å². The van der Waals surface area contributed by atoms with Crippen molar-refractivity contribution in [2.24, 2.45) is 0 Å². The molecule has 0 fully saturated rings. The number of rotatable bonds is 57. The van der Waals surface area contributed by atoms with Crippen LogP contribution in [0.3, 0.4) is 0 Å². The summed E-state index contributed by atoms with van der Waals surface area (Å²) in [7, 11) is -4.77. The minimum Gasteiger partial charge on any atom is -0.462 e. The Hall–Kier alpha value is -3.60. The highest BCUT2D eigenvalue weighted by Gasteiger charge is 2.28. The topological polar surface area (TPSA) is 155 Å². The number of hydrogen-bond acceptors (Lipinski definition) is 10. The molecule has 0 aromatic carbocycles. The summed E-state index contributed by atoms with van der Waals surface area (Å²) >= 11 is 0. The van der Waals surface area contributed by atoms with E-state index >= 15 is 0 Å². The number of phosphoric ester groups is 1. The van der Waals surface area contributed by atoms with Crippen LogP contribution in [-0.4, -0.2) is 66.5 Å². The van der Waals surface area contributed by atoms with E-state index in [0.29, 0.717) is 25.7 Å². The molecule has 78 heavy (non-hydrogen) atoms. The number of hydrogen-bond donors (Lipinski definition) is 2. The first-order valence-electron chi connectivity index (χ1n) is 31.1. The van der Waals surface area contributed by atoms with Crippen LogP contribution in [0.5, 0.6) is 0 Å². The second kappa shape index (κ2) is 59.5. The third kappa shape index (κ3) is 57.1. The zero-order chi connectivity index (χ0) is 56.9. The number of ether oxygens (including phenoxy) is 3. The highest BCUT2D eigenvalue weighted by Crippen LogP contribution is 2.43. The van der Waals surface area contributed by atoms with Crippen molar-refractivity contribution in [3.63, 3.8) is 0 Å². The molecule has 0 saturated heterocycles. The average molecular weight is 1110 g/mol. The Morgan fingerprint density at radius 3 is 1.10 bits per heavy atom. The summed E-state index contributed by atoms with van der Waals surface area (Å²) in [5, 5.41) is 9.84. The Labute approximate surface area is 476 Å². The van der Waals surface area contributed by atoms with Crippen molar-refractivity contribution in [3.8, 4) is 0 Å². The van der Waals surface area contributed by atoms with E-state index < -0.39 is 57.8 Å². The molecule has 3 unspecified atom stereocenters. The monoisotopic (exact) mass is 1110 g/mol. The van der Waals surface area contributed by atoms with E-state index in [1.165, 1.54) is 96.3 Å². The third-order valence-electron chi connectivity index (χ3n) is 13.0. The van der Waals surface area contributed by atoms with Crippen molar-refractivity contribution in [3.05, 3.63) is 97.2 Å². The maximum Gasteiger partial charge on any atom is 0.472 e. The van der Waals surface area contributed by atoms with Gasteiger partial charge in [0.15, 0.2) is 6.10 Å². The molecule has 0 spiro atoms. The fourth-order valence-electron chi connectivity index (χ4n) is 8.24. The van der Waals surface area contributed by atoms with Crippen molar-refractivity contribution in [1.29, 1.82) is 0 Å². The van der Waals surface area contributed by atoms with Crippen LogP contribution in [0.2, 0.25) is 0 Å². The number of unbranched alkanes of at least 4 members (excludes halogenated alkanes) is 24. The van der Waals surface area contributed by atoms with Crippen molar-refractivity contribution >= 4 is 25.7 Å². The molecular weight excluding hydrogens is 1000 g/mol. The van der Waals surface area contributed by atoms with E-state index in [-0.39, 0.29) is 25.9 Å². The number of phosphoric acid groups is 1. The van der Waals surface area contributed by atoms with E-state index in [0.717, 1.165) is 103 Å². The molecule has 12 heteroatoms. The van der Waals surface area contributed by atoms with Crippen LogP contribution in [0.4, 0.5) is 0 Å². The van der Waals surface area contributed by atoms with Gasteiger partial charge in [-0.25, -0.2) is 4.57 Å². The fourth-order valence-corrected chi connectivity index (χ4v) is 9.02. The van der Waals surface area contributed by atoms with Crippen LogP contribution in [-0.2, 0) is 42.2 Å². The predicted molar refractivity (Wildman–Crippen MR) is 325 cm³/mol. The second-order valence-corrected chi connectivity index (χ2v) is 21.9. The van der Waals surface area contributed by atoms with E-state index in [1.54, 1.807) is 0 Å². The van der Waals surface area contributed by atoms with Crippen LogP contribution in [0.15, 0.2) is 97.2 Å². The molecule has 2 N–H and O–H groups in total. The number of carbonyl (C=O) groups is 3. The fraction of sp³-hybridized carbons (Fsp3) is 0.712. The number of esters is 3. The highest BCUT2D eigenvalue weighted by atomic mass is 31.2. The minimum atomic E-state index is -4.77. The zero-order valence-electron chi connectivity index (χ0n) is 49.6. The SMILES string of the molecule is CC/C=C\C/C=C\C/C=C\C/C=C\C/C=C\CCCC(=O)OCC(COP(=O)(O)OCC(CO)OC(=O)CCCCCCC/C=C\CCCCCCCC)OC(=O)CCCCCCCCCCC/C=C\C/C=C\CCCCC. The normalized spacial score (nSPS) is 14.0. The molecule has 0 radical (unpaired) electrons. The molecule has 0 saturated carbocycles. The quantitative estimate of drug-likeness (QED) is 0.0197. The van der Waals surface area contributed by atoms with Gasteiger partial charge < -0.3 is 24.2 Å². The van der Waals surface area contributed by atoms with Crippen LogP contribution in [0, 0.1) is 0 Å². The van der Waals surface area contributed by atoms with Crippen LogP contribution in [0.25, 0.3) is 0 Å². The highest BCUT2D eigenvalue weighted by molar-refractivity contribution is 7.47. The molecule has 0 heterocycles. The van der Waals surface area contributed by atoms with Gasteiger partial charge in [-0.2, -0.15) is 0 Å². The van der Waals surface area contributed by atoms with E-state index in [4.69, 9.17) is 23.3 Å². The molecular formula is C66H113O11P. The third-order valence-corrected chi connectivity index (χ3v) is 13.9. The Bertz CT molecular complexity index is 1680. The van der Waals surface area contributed by atoms with E-state index in [1.807, 2.05) is 6.08 Å². The van der Waals surface area contributed by atoms with Gasteiger partial charge in [0.05, 0.1) is 19.8 Å². The van der Waals surface area contributed by atoms with Gasteiger partial charge in [0.25, 0.3) is 0 Å². The van der Waals surface area contributed by atoms with Gasteiger partial charge in [-0.05, 0) is 116 Å². The lowest BCUT2D eigenvalue weighted by atomic mass is 10.1. The standard InChI is InChI=1S/C66H113O11P/c1-4-7-10-13-16-19-22-25-28-30-31-33-36-39-42-45-48-51-54-57-66(70)77-63(59-73-64(68)55-52-49-46-43-40-37-35-32-29-26-23-20-17-14-11-8-5-2)61-75-78(71,72)74-60-62(58-67)76-65(69)56-53-50-47-44-41-38-34-27-24-21-18-15-12-9-6-3/h8,11,16-17,19-20,25-29,34-35,37,43,46,62-63,67H,4-7,9-10,12-15,18,21-24,30-33,36,38-42,44-45,47-61H2,1-3H3,(H,71,72)/b11-8-,19-16-,20-17-,28-25-,29-26-,34-27-,37-35-,46-43-. The van der Waals surface area contributed by atoms with Crippen molar-refractivity contribution in [1.82, 2.24) is 0 Å². The van der Waals surface area contributed by atoms with Crippen LogP contribution in [0.1, 0.15) is 265 Å². The summed E-state index contributed by atoms with van der Waals surface area (Å²) in [6.45, 7) is 4.44. The Balaban J connectivity index is 4.80. The number of aliphatic hydroxyl groups is 1. The molecule has 0 aromatic heterocycles.